The SMILES string of the molecule is N#Cc1ccc(NC(=O)Cn2nc(-c3ccc4ccccc4c3)ccc2=O)cc1. The highest BCUT2D eigenvalue weighted by atomic mass is 16.2. The largest absolute Gasteiger partial charge is 0.324 e. The predicted molar refractivity (Wildman–Crippen MR) is 111 cm³/mol. The zero-order chi connectivity index (χ0) is 20.2. The van der Waals surface area contributed by atoms with Gasteiger partial charge in [0.25, 0.3) is 5.56 Å². The quantitative estimate of drug-likeness (QED) is 0.586. The van der Waals surface area contributed by atoms with E-state index in [0.717, 1.165) is 21.0 Å². The molecule has 0 fully saturated rings. The zero-order valence-electron chi connectivity index (χ0n) is 15.4. The molecule has 140 valence electrons. The Morgan fingerprint density at radius 2 is 1.72 bits per heavy atom. The fraction of sp³-hybridized carbons (Fsp3) is 0.0435. The van der Waals surface area contributed by atoms with Crippen molar-refractivity contribution in [2.24, 2.45) is 0 Å². The molecule has 1 heterocycles. The van der Waals surface area contributed by atoms with E-state index in [-0.39, 0.29) is 18.0 Å². The Morgan fingerprint density at radius 1 is 0.966 bits per heavy atom. The summed E-state index contributed by atoms with van der Waals surface area (Å²) < 4.78 is 1.14. The van der Waals surface area contributed by atoms with E-state index >= 15 is 0 Å². The van der Waals surface area contributed by atoms with Crippen molar-refractivity contribution in [2.75, 3.05) is 5.32 Å². The molecule has 1 N–H and O–H groups in total. The number of nitriles is 1. The number of benzene rings is 3. The number of nitrogens with one attached hydrogen (secondary N) is 1. The highest BCUT2D eigenvalue weighted by Gasteiger charge is 2.09. The van der Waals surface area contributed by atoms with Crippen molar-refractivity contribution in [3.05, 3.63) is 94.8 Å². The summed E-state index contributed by atoms with van der Waals surface area (Å²) in [7, 11) is 0. The summed E-state index contributed by atoms with van der Waals surface area (Å²) in [5.41, 5.74) is 2.17. The third kappa shape index (κ3) is 4.04. The molecule has 0 spiro atoms. The third-order valence-corrected chi connectivity index (χ3v) is 4.50. The molecule has 3 aromatic carbocycles. The number of amides is 1. The maximum absolute atomic E-state index is 12.3. The maximum atomic E-state index is 12.3. The van der Waals surface area contributed by atoms with Gasteiger partial charge in [-0.05, 0) is 47.2 Å². The number of fused-ring (bicyclic) bond motifs is 1. The molecular formula is C23H16N4O2. The molecule has 0 aliphatic heterocycles. The van der Waals surface area contributed by atoms with Crippen LogP contribution in [0.5, 0.6) is 0 Å². The molecule has 1 amide bonds. The van der Waals surface area contributed by atoms with Crippen molar-refractivity contribution in [1.82, 2.24) is 9.78 Å². The van der Waals surface area contributed by atoms with Gasteiger partial charge in [0.05, 0.1) is 17.3 Å². The molecule has 29 heavy (non-hydrogen) atoms. The van der Waals surface area contributed by atoms with Gasteiger partial charge in [0.1, 0.15) is 6.54 Å². The molecule has 0 aliphatic rings. The number of hydrogen-bond donors (Lipinski definition) is 1. The first kappa shape index (κ1) is 18.1. The van der Waals surface area contributed by atoms with Crippen LogP contribution in [-0.2, 0) is 11.3 Å². The van der Waals surface area contributed by atoms with E-state index in [1.807, 2.05) is 48.5 Å². The molecule has 0 bridgehead atoms. The van der Waals surface area contributed by atoms with E-state index < -0.39 is 0 Å². The van der Waals surface area contributed by atoms with Gasteiger partial charge in [-0.15, -0.1) is 0 Å². The van der Waals surface area contributed by atoms with Gasteiger partial charge in [-0.3, -0.25) is 9.59 Å². The number of rotatable bonds is 4. The van der Waals surface area contributed by atoms with Gasteiger partial charge >= 0.3 is 0 Å². The van der Waals surface area contributed by atoms with Crippen LogP contribution in [0.3, 0.4) is 0 Å². The number of carbonyl (C=O) groups is 1. The number of anilines is 1. The minimum atomic E-state index is -0.375. The van der Waals surface area contributed by atoms with Gasteiger partial charge in [-0.25, -0.2) is 4.68 Å². The summed E-state index contributed by atoms with van der Waals surface area (Å²) in [6, 6.07) is 25.5. The van der Waals surface area contributed by atoms with Gasteiger partial charge in [0, 0.05) is 17.3 Å². The second-order valence-corrected chi connectivity index (χ2v) is 6.51. The average molecular weight is 380 g/mol. The van der Waals surface area contributed by atoms with Gasteiger partial charge in [0.15, 0.2) is 0 Å². The van der Waals surface area contributed by atoms with E-state index in [0.29, 0.717) is 16.9 Å². The van der Waals surface area contributed by atoms with Crippen LogP contribution >= 0.6 is 0 Å². The Bertz CT molecular complexity index is 1300. The molecule has 0 unspecified atom stereocenters. The Balaban J connectivity index is 1.56. The lowest BCUT2D eigenvalue weighted by molar-refractivity contribution is -0.117. The van der Waals surface area contributed by atoms with Crippen molar-refractivity contribution < 1.29 is 4.79 Å². The second kappa shape index (κ2) is 7.79. The molecule has 6 nitrogen and oxygen atoms in total. The Kier molecular flexibility index (Phi) is 4.87. The first-order valence-electron chi connectivity index (χ1n) is 9.00. The molecule has 0 saturated carbocycles. The number of aromatic nitrogens is 2. The van der Waals surface area contributed by atoms with Crippen LogP contribution in [-0.4, -0.2) is 15.7 Å². The summed E-state index contributed by atoms with van der Waals surface area (Å²) in [6.45, 7) is -0.208. The van der Waals surface area contributed by atoms with Crippen LogP contribution in [0, 0.1) is 11.3 Å². The van der Waals surface area contributed by atoms with Crippen molar-refractivity contribution in [3.63, 3.8) is 0 Å². The van der Waals surface area contributed by atoms with E-state index in [9.17, 15) is 9.59 Å². The standard InChI is InChI=1S/C23H16N4O2/c24-14-16-5-9-20(10-6-16)25-22(28)15-27-23(29)12-11-21(26-27)19-8-7-17-3-1-2-4-18(17)13-19/h1-13H,15H2,(H,25,28). The molecule has 0 atom stereocenters. The second-order valence-electron chi connectivity index (χ2n) is 6.51. The van der Waals surface area contributed by atoms with Crippen LogP contribution < -0.4 is 10.9 Å². The van der Waals surface area contributed by atoms with Crippen LogP contribution in [0.1, 0.15) is 5.56 Å². The third-order valence-electron chi connectivity index (χ3n) is 4.50. The summed E-state index contributed by atoms with van der Waals surface area (Å²) >= 11 is 0. The molecule has 0 saturated heterocycles. The maximum Gasteiger partial charge on any atom is 0.267 e. The normalized spacial score (nSPS) is 10.4. The van der Waals surface area contributed by atoms with Crippen LogP contribution in [0.25, 0.3) is 22.0 Å². The first-order valence-corrected chi connectivity index (χ1v) is 9.00. The Hall–Kier alpha value is -4.24. The molecule has 4 aromatic rings. The molecule has 0 aliphatic carbocycles. The first-order chi connectivity index (χ1) is 14.1. The topological polar surface area (TPSA) is 87.8 Å². The van der Waals surface area contributed by atoms with E-state index in [2.05, 4.69) is 10.4 Å². The number of carbonyl (C=O) groups excluding carboxylic acids is 1. The van der Waals surface area contributed by atoms with E-state index in [1.54, 1.807) is 30.3 Å². The van der Waals surface area contributed by atoms with Gasteiger partial charge < -0.3 is 5.32 Å². The fourth-order valence-electron chi connectivity index (χ4n) is 3.03. The summed E-state index contributed by atoms with van der Waals surface area (Å²) in [5.74, 6) is -0.375. The van der Waals surface area contributed by atoms with E-state index in [1.165, 1.54) is 6.07 Å². The van der Waals surface area contributed by atoms with Crippen LogP contribution in [0.2, 0.25) is 0 Å². The highest BCUT2D eigenvalue weighted by molar-refractivity contribution is 5.90. The van der Waals surface area contributed by atoms with Crippen LogP contribution in [0.4, 0.5) is 5.69 Å². The average Bonchev–Trinajstić information content (AvgIpc) is 2.75. The van der Waals surface area contributed by atoms with Crippen molar-refractivity contribution in [1.29, 1.82) is 5.26 Å². The lowest BCUT2D eigenvalue weighted by Crippen LogP contribution is -2.29. The molecule has 1 aromatic heterocycles. The van der Waals surface area contributed by atoms with Crippen molar-refractivity contribution in [2.45, 2.75) is 6.54 Å². The van der Waals surface area contributed by atoms with Crippen molar-refractivity contribution >= 4 is 22.4 Å². The van der Waals surface area contributed by atoms with Crippen molar-refractivity contribution in [3.8, 4) is 17.3 Å². The Labute approximate surface area is 166 Å². The molecular weight excluding hydrogens is 364 g/mol. The lowest BCUT2D eigenvalue weighted by atomic mass is 10.1. The summed E-state index contributed by atoms with van der Waals surface area (Å²) in [6.07, 6.45) is 0. The highest BCUT2D eigenvalue weighted by Crippen LogP contribution is 2.22. The van der Waals surface area contributed by atoms with Crippen LogP contribution in [0.15, 0.2) is 83.7 Å². The smallest absolute Gasteiger partial charge is 0.267 e. The molecule has 6 heteroatoms. The fourth-order valence-corrected chi connectivity index (χ4v) is 3.03. The lowest BCUT2D eigenvalue weighted by Gasteiger charge is -2.09. The Morgan fingerprint density at radius 3 is 2.48 bits per heavy atom. The summed E-state index contributed by atoms with van der Waals surface area (Å²) in [5, 5.41) is 18.1. The minimum Gasteiger partial charge on any atom is -0.324 e. The minimum absolute atomic E-state index is 0.208. The van der Waals surface area contributed by atoms with Gasteiger partial charge in [-0.1, -0.05) is 36.4 Å². The summed E-state index contributed by atoms with van der Waals surface area (Å²) in [4.78, 5) is 24.5. The molecule has 4 rings (SSSR count). The van der Waals surface area contributed by atoms with Gasteiger partial charge in [-0.2, -0.15) is 10.4 Å². The van der Waals surface area contributed by atoms with Gasteiger partial charge in [0.2, 0.25) is 5.91 Å². The zero-order valence-corrected chi connectivity index (χ0v) is 15.4. The monoisotopic (exact) mass is 380 g/mol. The van der Waals surface area contributed by atoms with E-state index in [4.69, 9.17) is 5.26 Å². The predicted octanol–water partition coefficient (Wildman–Crippen LogP) is 3.57. The number of nitrogens with zero attached hydrogens (tertiary/aromatic N) is 3. The number of hydrogen-bond acceptors (Lipinski definition) is 4. The molecule has 0 radical (unpaired) electrons.